The van der Waals surface area contributed by atoms with Crippen molar-refractivity contribution in [1.29, 1.82) is 0 Å². The first-order valence-corrected chi connectivity index (χ1v) is 5.22. The molecule has 4 heteroatoms. The molecule has 0 aliphatic rings. The summed E-state index contributed by atoms with van der Waals surface area (Å²) in [5.41, 5.74) is 7.77. The maximum atomic E-state index is 8.80. The van der Waals surface area contributed by atoms with Gasteiger partial charge in [-0.15, -0.1) is 0 Å². The second kappa shape index (κ2) is 5.68. The SMILES string of the molecule is CC[C@H](N)c1ccc(N(C)CCO)cn1. The van der Waals surface area contributed by atoms with E-state index in [0.717, 1.165) is 17.8 Å². The van der Waals surface area contributed by atoms with Crippen molar-refractivity contribution in [2.45, 2.75) is 19.4 Å². The summed E-state index contributed by atoms with van der Waals surface area (Å²) in [5.74, 6) is 0. The summed E-state index contributed by atoms with van der Waals surface area (Å²) in [7, 11) is 1.92. The Hall–Kier alpha value is -1.13. The van der Waals surface area contributed by atoms with E-state index in [1.807, 2.05) is 31.0 Å². The van der Waals surface area contributed by atoms with Gasteiger partial charge < -0.3 is 15.7 Å². The van der Waals surface area contributed by atoms with Crippen molar-refractivity contribution < 1.29 is 5.11 Å². The first-order chi connectivity index (χ1) is 7.19. The van der Waals surface area contributed by atoms with E-state index in [0.29, 0.717) is 6.54 Å². The minimum absolute atomic E-state index is 0.0159. The third kappa shape index (κ3) is 3.18. The van der Waals surface area contributed by atoms with Crippen molar-refractivity contribution in [2.75, 3.05) is 25.1 Å². The number of pyridine rings is 1. The van der Waals surface area contributed by atoms with Crippen LogP contribution in [0.1, 0.15) is 25.1 Å². The molecule has 1 atom stereocenters. The lowest BCUT2D eigenvalue weighted by atomic mass is 10.1. The van der Waals surface area contributed by atoms with Gasteiger partial charge in [0.2, 0.25) is 0 Å². The molecular formula is C11H19N3O. The van der Waals surface area contributed by atoms with Gasteiger partial charge in [-0.05, 0) is 18.6 Å². The number of hydrogen-bond acceptors (Lipinski definition) is 4. The van der Waals surface area contributed by atoms with Crippen LogP contribution in [0.25, 0.3) is 0 Å². The monoisotopic (exact) mass is 209 g/mol. The molecule has 0 aliphatic carbocycles. The highest BCUT2D eigenvalue weighted by atomic mass is 16.3. The number of likely N-dealkylation sites (N-methyl/N-ethyl adjacent to an activating group) is 1. The lowest BCUT2D eigenvalue weighted by Gasteiger charge is -2.18. The lowest BCUT2D eigenvalue weighted by molar-refractivity contribution is 0.304. The quantitative estimate of drug-likeness (QED) is 0.757. The van der Waals surface area contributed by atoms with E-state index < -0.39 is 0 Å². The van der Waals surface area contributed by atoms with Crippen LogP contribution in [0.5, 0.6) is 0 Å². The van der Waals surface area contributed by atoms with E-state index >= 15 is 0 Å². The highest BCUT2D eigenvalue weighted by Crippen LogP contribution is 2.15. The molecule has 15 heavy (non-hydrogen) atoms. The van der Waals surface area contributed by atoms with E-state index in [1.54, 1.807) is 6.20 Å². The van der Waals surface area contributed by atoms with E-state index in [2.05, 4.69) is 4.98 Å². The zero-order valence-corrected chi connectivity index (χ0v) is 9.35. The minimum Gasteiger partial charge on any atom is -0.395 e. The standard InChI is InChI=1S/C11H19N3O/c1-3-10(12)11-5-4-9(8-13-11)14(2)6-7-15/h4-5,8,10,15H,3,6-7,12H2,1-2H3/t10-/m0/s1. The van der Waals surface area contributed by atoms with Crippen LogP contribution < -0.4 is 10.6 Å². The smallest absolute Gasteiger partial charge is 0.0606 e. The van der Waals surface area contributed by atoms with Crippen LogP contribution in [0.3, 0.4) is 0 Å². The summed E-state index contributed by atoms with van der Waals surface area (Å²) in [6.07, 6.45) is 2.68. The van der Waals surface area contributed by atoms with Gasteiger partial charge in [0.25, 0.3) is 0 Å². The number of hydrogen-bond donors (Lipinski definition) is 2. The predicted molar refractivity (Wildman–Crippen MR) is 61.8 cm³/mol. The lowest BCUT2D eigenvalue weighted by Crippen LogP contribution is -2.21. The molecule has 4 nitrogen and oxygen atoms in total. The molecule has 3 N–H and O–H groups in total. The molecule has 0 aliphatic heterocycles. The van der Waals surface area contributed by atoms with Crippen molar-refractivity contribution in [3.63, 3.8) is 0 Å². The Bertz CT molecular complexity index is 286. The first-order valence-electron chi connectivity index (χ1n) is 5.22. The summed E-state index contributed by atoms with van der Waals surface area (Å²) >= 11 is 0. The van der Waals surface area contributed by atoms with Crippen LogP contribution in [0.4, 0.5) is 5.69 Å². The van der Waals surface area contributed by atoms with Gasteiger partial charge in [-0.3, -0.25) is 4.98 Å². The highest BCUT2D eigenvalue weighted by molar-refractivity contribution is 5.43. The van der Waals surface area contributed by atoms with E-state index in [-0.39, 0.29) is 12.6 Å². The van der Waals surface area contributed by atoms with Crippen molar-refractivity contribution in [3.8, 4) is 0 Å². The number of aromatic nitrogens is 1. The molecule has 1 aromatic rings. The summed E-state index contributed by atoms with van der Waals surface area (Å²) in [4.78, 5) is 6.26. The van der Waals surface area contributed by atoms with Crippen molar-refractivity contribution in [2.24, 2.45) is 5.73 Å². The van der Waals surface area contributed by atoms with Crippen LogP contribution in [0.15, 0.2) is 18.3 Å². The van der Waals surface area contributed by atoms with Gasteiger partial charge in [-0.2, -0.15) is 0 Å². The Morgan fingerprint density at radius 1 is 1.53 bits per heavy atom. The molecule has 1 heterocycles. The number of anilines is 1. The van der Waals surface area contributed by atoms with E-state index in [1.165, 1.54) is 0 Å². The zero-order valence-electron chi connectivity index (χ0n) is 9.35. The Morgan fingerprint density at radius 3 is 2.73 bits per heavy atom. The van der Waals surface area contributed by atoms with Crippen LogP contribution in [-0.2, 0) is 0 Å². The van der Waals surface area contributed by atoms with E-state index in [4.69, 9.17) is 10.8 Å². The molecule has 84 valence electrons. The van der Waals surface area contributed by atoms with Gasteiger partial charge in [0.05, 0.1) is 24.2 Å². The fraction of sp³-hybridized carbons (Fsp3) is 0.545. The molecule has 0 aromatic carbocycles. The predicted octanol–water partition coefficient (Wildman–Crippen LogP) is 0.920. The zero-order chi connectivity index (χ0) is 11.3. The van der Waals surface area contributed by atoms with E-state index in [9.17, 15) is 0 Å². The molecule has 0 saturated carbocycles. The van der Waals surface area contributed by atoms with Crippen LogP contribution in [-0.4, -0.2) is 30.3 Å². The average Bonchev–Trinajstić information content (AvgIpc) is 2.28. The van der Waals surface area contributed by atoms with Gasteiger partial charge in [0.15, 0.2) is 0 Å². The molecule has 0 unspecified atom stereocenters. The molecule has 0 saturated heterocycles. The summed E-state index contributed by atoms with van der Waals surface area (Å²) < 4.78 is 0. The number of rotatable bonds is 5. The van der Waals surface area contributed by atoms with Crippen LogP contribution >= 0.6 is 0 Å². The highest BCUT2D eigenvalue weighted by Gasteiger charge is 2.05. The minimum atomic E-state index is 0.0159. The van der Waals surface area contributed by atoms with Crippen molar-refractivity contribution in [3.05, 3.63) is 24.0 Å². The number of aliphatic hydroxyl groups excluding tert-OH is 1. The van der Waals surface area contributed by atoms with Gasteiger partial charge >= 0.3 is 0 Å². The summed E-state index contributed by atoms with van der Waals surface area (Å²) in [6, 6.07) is 3.94. The van der Waals surface area contributed by atoms with Crippen molar-refractivity contribution in [1.82, 2.24) is 4.98 Å². The van der Waals surface area contributed by atoms with Gasteiger partial charge in [-0.1, -0.05) is 6.92 Å². The van der Waals surface area contributed by atoms with Gasteiger partial charge in [0, 0.05) is 19.6 Å². The fourth-order valence-electron chi connectivity index (χ4n) is 1.33. The number of nitrogens with zero attached hydrogens (tertiary/aromatic N) is 2. The molecule has 0 amide bonds. The largest absolute Gasteiger partial charge is 0.395 e. The Morgan fingerprint density at radius 2 is 2.27 bits per heavy atom. The normalized spacial score (nSPS) is 12.5. The molecular weight excluding hydrogens is 190 g/mol. The molecule has 1 rings (SSSR count). The van der Waals surface area contributed by atoms with Crippen LogP contribution in [0.2, 0.25) is 0 Å². The third-order valence-corrected chi connectivity index (χ3v) is 2.47. The average molecular weight is 209 g/mol. The fourth-order valence-corrected chi connectivity index (χ4v) is 1.33. The molecule has 0 radical (unpaired) electrons. The van der Waals surface area contributed by atoms with Gasteiger partial charge in [-0.25, -0.2) is 0 Å². The first kappa shape index (κ1) is 11.9. The Labute approximate surface area is 90.7 Å². The summed E-state index contributed by atoms with van der Waals surface area (Å²) in [6.45, 7) is 2.80. The Balaban J connectivity index is 2.71. The second-order valence-electron chi connectivity index (χ2n) is 3.60. The summed E-state index contributed by atoms with van der Waals surface area (Å²) in [5, 5.41) is 8.80. The van der Waals surface area contributed by atoms with Crippen LogP contribution in [0, 0.1) is 0 Å². The number of aliphatic hydroxyl groups is 1. The van der Waals surface area contributed by atoms with Gasteiger partial charge in [0.1, 0.15) is 0 Å². The third-order valence-electron chi connectivity index (χ3n) is 2.47. The molecule has 1 aromatic heterocycles. The van der Waals surface area contributed by atoms with Crippen molar-refractivity contribution >= 4 is 5.69 Å². The molecule has 0 spiro atoms. The second-order valence-corrected chi connectivity index (χ2v) is 3.60. The topological polar surface area (TPSA) is 62.4 Å². The maximum Gasteiger partial charge on any atom is 0.0606 e. The Kier molecular flexibility index (Phi) is 4.52. The number of nitrogens with two attached hydrogens (primary N) is 1. The molecule has 0 fully saturated rings. The molecule has 0 bridgehead atoms. The maximum absolute atomic E-state index is 8.80.